The maximum Gasteiger partial charge on any atom is 0.274 e. The fourth-order valence-corrected chi connectivity index (χ4v) is 3.22. The second-order valence-corrected chi connectivity index (χ2v) is 6.75. The largest absolute Gasteiger partial charge is 0.491 e. The van der Waals surface area contributed by atoms with E-state index in [4.69, 9.17) is 14.7 Å². The van der Waals surface area contributed by atoms with Crippen molar-refractivity contribution in [2.75, 3.05) is 13.2 Å². The van der Waals surface area contributed by atoms with Gasteiger partial charge in [0.05, 0.1) is 6.54 Å². The Morgan fingerprint density at radius 3 is 2.63 bits per heavy atom. The van der Waals surface area contributed by atoms with Gasteiger partial charge in [0.2, 0.25) is 0 Å². The Bertz CT molecular complexity index is 864. The minimum Gasteiger partial charge on any atom is -0.491 e. The van der Waals surface area contributed by atoms with Gasteiger partial charge in [-0.05, 0) is 24.3 Å². The summed E-state index contributed by atoms with van der Waals surface area (Å²) in [7, 11) is 0. The number of amides is 2. The van der Waals surface area contributed by atoms with Crippen molar-refractivity contribution in [2.45, 2.75) is 25.0 Å². The number of carbonyl (C=O) groups is 2. The number of hydroxylamine groups is 1. The number of rotatable bonds is 4. The van der Waals surface area contributed by atoms with Gasteiger partial charge in [0, 0.05) is 30.5 Å². The van der Waals surface area contributed by atoms with Gasteiger partial charge < -0.3 is 14.4 Å². The van der Waals surface area contributed by atoms with Crippen LogP contribution in [0.1, 0.15) is 28.8 Å². The number of benzene rings is 2. The predicted molar refractivity (Wildman–Crippen MR) is 95.6 cm³/mol. The molecule has 2 aromatic rings. The molecule has 2 aliphatic rings. The van der Waals surface area contributed by atoms with Crippen LogP contribution in [0.2, 0.25) is 0 Å². The van der Waals surface area contributed by atoms with Crippen LogP contribution in [0.15, 0.2) is 48.5 Å². The molecule has 0 bridgehead atoms. The third kappa shape index (κ3) is 3.46. The monoisotopic (exact) mass is 368 g/mol. The summed E-state index contributed by atoms with van der Waals surface area (Å²) in [4.78, 5) is 26.4. The highest BCUT2D eigenvalue weighted by Gasteiger charge is 2.55. The van der Waals surface area contributed by atoms with Crippen molar-refractivity contribution in [3.05, 3.63) is 59.7 Å². The number of fused-ring (bicyclic) bond motifs is 1. The van der Waals surface area contributed by atoms with Gasteiger partial charge in [-0.3, -0.25) is 14.8 Å². The van der Waals surface area contributed by atoms with Gasteiger partial charge in [-0.25, -0.2) is 5.48 Å². The van der Waals surface area contributed by atoms with E-state index in [2.05, 4.69) is 0 Å². The third-order valence-electron chi connectivity index (χ3n) is 4.85. The van der Waals surface area contributed by atoms with Crippen LogP contribution in [-0.2, 0) is 11.3 Å². The number of carbonyl (C=O) groups excluding carboxylic acids is 2. The molecule has 0 unspecified atom stereocenters. The lowest BCUT2D eigenvalue weighted by Gasteiger charge is -2.26. The molecule has 1 aliphatic carbocycles. The number of hydrogen-bond acceptors (Lipinski definition) is 5. The molecule has 0 radical (unpaired) electrons. The molecule has 2 aromatic carbocycles. The fourth-order valence-electron chi connectivity index (χ4n) is 3.22. The smallest absolute Gasteiger partial charge is 0.274 e. The maximum atomic E-state index is 13.1. The highest BCUT2D eigenvalue weighted by Crippen LogP contribution is 2.42. The molecule has 7 nitrogen and oxygen atoms in total. The van der Waals surface area contributed by atoms with Crippen LogP contribution in [-0.4, -0.2) is 40.7 Å². The van der Waals surface area contributed by atoms with Gasteiger partial charge in [-0.2, -0.15) is 0 Å². The van der Waals surface area contributed by atoms with E-state index < -0.39 is 11.5 Å². The second kappa shape index (κ2) is 6.92. The Morgan fingerprint density at radius 2 is 1.93 bits per heavy atom. The van der Waals surface area contributed by atoms with Gasteiger partial charge in [0.25, 0.3) is 11.8 Å². The molecule has 1 aliphatic heterocycles. The number of nitrogens with one attached hydrogen (secondary N) is 1. The van der Waals surface area contributed by atoms with Crippen molar-refractivity contribution in [1.82, 2.24) is 10.4 Å². The predicted octanol–water partition coefficient (Wildman–Crippen LogP) is 2.14. The van der Waals surface area contributed by atoms with Crippen LogP contribution in [0.5, 0.6) is 11.5 Å². The molecular formula is C20H20N2O5. The Labute approximate surface area is 156 Å². The number of nitrogens with zero attached hydrogens (tertiary/aromatic N) is 1. The molecule has 7 heteroatoms. The third-order valence-corrected chi connectivity index (χ3v) is 4.85. The minimum atomic E-state index is -0.789. The zero-order chi connectivity index (χ0) is 18.9. The van der Waals surface area contributed by atoms with Gasteiger partial charge >= 0.3 is 0 Å². The summed E-state index contributed by atoms with van der Waals surface area (Å²) < 4.78 is 11.7. The molecule has 1 fully saturated rings. The summed E-state index contributed by atoms with van der Waals surface area (Å²) in [6.45, 7) is 1.15. The van der Waals surface area contributed by atoms with E-state index in [0.29, 0.717) is 49.6 Å². The average Bonchev–Trinajstić information content (AvgIpc) is 3.50. The zero-order valence-electron chi connectivity index (χ0n) is 14.7. The van der Waals surface area contributed by atoms with Gasteiger partial charge in [-0.15, -0.1) is 0 Å². The SMILES string of the molecule is O=C(NO)c1ccc2c(c1)OCCN(C(=O)C1(Oc3ccccc3)CC1)C2. The van der Waals surface area contributed by atoms with Crippen LogP contribution in [0.3, 0.4) is 0 Å². The maximum absolute atomic E-state index is 13.1. The van der Waals surface area contributed by atoms with E-state index in [1.165, 1.54) is 0 Å². The lowest BCUT2D eigenvalue weighted by atomic mass is 10.1. The number of ether oxygens (including phenoxy) is 2. The van der Waals surface area contributed by atoms with E-state index in [9.17, 15) is 9.59 Å². The summed E-state index contributed by atoms with van der Waals surface area (Å²) in [5.41, 5.74) is 1.92. The molecule has 1 saturated carbocycles. The first kappa shape index (κ1) is 17.4. The average molecular weight is 368 g/mol. The number of hydrogen-bond donors (Lipinski definition) is 2. The highest BCUT2D eigenvalue weighted by atomic mass is 16.5. The Balaban J connectivity index is 1.52. The van der Waals surface area contributed by atoms with E-state index in [1.807, 2.05) is 30.3 Å². The van der Waals surface area contributed by atoms with Crippen LogP contribution in [0, 0.1) is 0 Å². The molecule has 0 saturated heterocycles. The highest BCUT2D eigenvalue weighted by molar-refractivity contribution is 5.94. The Morgan fingerprint density at radius 1 is 1.15 bits per heavy atom. The first-order valence-electron chi connectivity index (χ1n) is 8.85. The van der Waals surface area contributed by atoms with E-state index in [0.717, 1.165) is 5.56 Å². The molecule has 140 valence electrons. The first-order chi connectivity index (χ1) is 13.1. The lowest BCUT2D eigenvalue weighted by molar-refractivity contribution is -0.141. The summed E-state index contributed by atoms with van der Waals surface area (Å²) in [5.74, 6) is 0.585. The summed E-state index contributed by atoms with van der Waals surface area (Å²) in [6, 6.07) is 14.3. The van der Waals surface area contributed by atoms with Gasteiger partial charge in [0.15, 0.2) is 5.60 Å². The van der Waals surface area contributed by atoms with Crippen LogP contribution >= 0.6 is 0 Å². The molecule has 2 amide bonds. The van der Waals surface area contributed by atoms with Crippen LogP contribution in [0.25, 0.3) is 0 Å². The molecule has 2 N–H and O–H groups in total. The van der Waals surface area contributed by atoms with E-state index in [-0.39, 0.29) is 5.91 Å². The molecular weight excluding hydrogens is 348 g/mol. The molecule has 4 rings (SSSR count). The fraction of sp³-hybridized carbons (Fsp3) is 0.300. The summed E-state index contributed by atoms with van der Waals surface area (Å²) in [5, 5.41) is 8.77. The van der Waals surface area contributed by atoms with Crippen molar-refractivity contribution < 1.29 is 24.3 Å². The zero-order valence-corrected chi connectivity index (χ0v) is 14.7. The lowest BCUT2D eigenvalue weighted by Crippen LogP contribution is -2.44. The minimum absolute atomic E-state index is 0.0417. The van der Waals surface area contributed by atoms with Gasteiger partial charge in [0.1, 0.15) is 18.1 Å². The molecule has 0 atom stereocenters. The Hall–Kier alpha value is -3.06. The second-order valence-electron chi connectivity index (χ2n) is 6.75. The quantitative estimate of drug-likeness (QED) is 0.638. The molecule has 27 heavy (non-hydrogen) atoms. The van der Waals surface area contributed by atoms with Crippen molar-refractivity contribution >= 4 is 11.8 Å². The molecule has 1 heterocycles. The Kier molecular flexibility index (Phi) is 4.45. The first-order valence-corrected chi connectivity index (χ1v) is 8.85. The van der Waals surface area contributed by atoms with E-state index >= 15 is 0 Å². The van der Waals surface area contributed by atoms with E-state index in [1.54, 1.807) is 28.6 Å². The molecule has 0 spiro atoms. The summed E-state index contributed by atoms with van der Waals surface area (Å²) in [6.07, 6.45) is 1.39. The van der Waals surface area contributed by atoms with Crippen molar-refractivity contribution in [3.63, 3.8) is 0 Å². The summed E-state index contributed by atoms with van der Waals surface area (Å²) >= 11 is 0. The van der Waals surface area contributed by atoms with Crippen molar-refractivity contribution in [1.29, 1.82) is 0 Å². The standard InChI is InChI=1S/C20H20N2O5/c23-18(21-25)14-6-7-15-13-22(10-11-26-17(15)12-14)19(24)20(8-9-20)27-16-4-2-1-3-5-16/h1-7,12,25H,8-11,13H2,(H,21,23). The van der Waals surface area contributed by atoms with Crippen LogP contribution < -0.4 is 15.0 Å². The molecule has 0 aromatic heterocycles. The van der Waals surface area contributed by atoms with Crippen LogP contribution in [0.4, 0.5) is 0 Å². The topological polar surface area (TPSA) is 88.1 Å². The van der Waals surface area contributed by atoms with Crippen molar-refractivity contribution in [2.24, 2.45) is 0 Å². The normalized spacial score (nSPS) is 17.1. The van der Waals surface area contributed by atoms with Gasteiger partial charge in [-0.1, -0.05) is 24.3 Å². The van der Waals surface area contributed by atoms with Crippen molar-refractivity contribution in [3.8, 4) is 11.5 Å². The number of para-hydroxylation sites is 1.